The summed E-state index contributed by atoms with van der Waals surface area (Å²) in [6, 6.07) is 0. The number of amides is 1. The molecule has 100 valence electrons. The number of ether oxygens (including phenoxy) is 1. The number of nitrogens with one attached hydrogen (secondary N) is 1. The minimum atomic E-state index is 0.117. The molecule has 0 spiro atoms. The molecule has 0 aromatic heterocycles. The van der Waals surface area contributed by atoms with Crippen molar-refractivity contribution in [2.45, 2.75) is 31.8 Å². The monoisotopic (exact) mass is 243 g/mol. The van der Waals surface area contributed by atoms with Crippen LogP contribution in [0.25, 0.3) is 0 Å². The molecule has 17 heavy (non-hydrogen) atoms. The predicted octanol–water partition coefficient (Wildman–Crippen LogP) is -0.0477. The zero-order chi connectivity index (χ0) is 12.5. The minimum Gasteiger partial charge on any atom is -0.378 e. The maximum atomic E-state index is 11.1. The van der Waals surface area contributed by atoms with Crippen LogP contribution in [0.5, 0.6) is 0 Å². The summed E-state index contributed by atoms with van der Waals surface area (Å²) >= 11 is 0. The van der Waals surface area contributed by atoms with E-state index in [-0.39, 0.29) is 5.91 Å². The summed E-state index contributed by atoms with van der Waals surface area (Å²) in [5.74, 6) is 0.117. The van der Waals surface area contributed by atoms with Gasteiger partial charge in [0.15, 0.2) is 0 Å². The summed E-state index contributed by atoms with van der Waals surface area (Å²) in [4.78, 5) is 13.5. The average molecular weight is 243 g/mol. The molecule has 0 aromatic rings. The molecule has 0 unspecified atom stereocenters. The first-order chi connectivity index (χ1) is 8.26. The van der Waals surface area contributed by atoms with Crippen LogP contribution >= 0.6 is 0 Å². The van der Waals surface area contributed by atoms with Gasteiger partial charge in [-0.15, -0.1) is 0 Å². The number of rotatable bonds is 7. The second-order valence-electron chi connectivity index (χ2n) is 4.48. The van der Waals surface area contributed by atoms with E-state index in [4.69, 9.17) is 10.5 Å². The maximum absolute atomic E-state index is 11.1. The summed E-state index contributed by atoms with van der Waals surface area (Å²) in [5, 5.41) is 2.65. The van der Waals surface area contributed by atoms with Crippen LogP contribution in [0.15, 0.2) is 0 Å². The molecule has 1 amide bonds. The second kappa shape index (κ2) is 8.44. The second-order valence-corrected chi connectivity index (χ2v) is 4.48. The van der Waals surface area contributed by atoms with Crippen molar-refractivity contribution in [1.29, 1.82) is 0 Å². The molecule has 0 aromatic carbocycles. The van der Waals surface area contributed by atoms with Crippen molar-refractivity contribution in [3.05, 3.63) is 0 Å². The summed E-state index contributed by atoms with van der Waals surface area (Å²) in [6.07, 6.45) is 4.06. The quantitative estimate of drug-likeness (QED) is 0.615. The number of hydrogen-bond donors (Lipinski definition) is 2. The first kappa shape index (κ1) is 14.4. The molecule has 0 atom stereocenters. The predicted molar refractivity (Wildman–Crippen MR) is 67.8 cm³/mol. The van der Waals surface area contributed by atoms with Crippen LogP contribution in [-0.4, -0.2) is 56.7 Å². The highest BCUT2D eigenvalue weighted by Crippen LogP contribution is 2.13. The number of hydrogen-bond acceptors (Lipinski definition) is 4. The number of carbonyl (C=O) groups is 1. The molecule has 1 aliphatic heterocycles. The Kier molecular flexibility index (Phi) is 7.16. The molecule has 1 fully saturated rings. The van der Waals surface area contributed by atoms with Gasteiger partial charge in [-0.1, -0.05) is 0 Å². The maximum Gasteiger partial charge on any atom is 0.221 e. The SMILES string of the molecule is CNC(=O)CCN1CCC(OCCCN)CC1. The van der Waals surface area contributed by atoms with E-state index >= 15 is 0 Å². The molecule has 0 aliphatic carbocycles. The van der Waals surface area contributed by atoms with Gasteiger partial charge in [-0.3, -0.25) is 4.79 Å². The van der Waals surface area contributed by atoms with Crippen molar-refractivity contribution in [3.8, 4) is 0 Å². The van der Waals surface area contributed by atoms with E-state index < -0.39 is 0 Å². The Labute approximate surface area is 104 Å². The molecule has 0 bridgehead atoms. The van der Waals surface area contributed by atoms with Crippen LogP contribution in [0.2, 0.25) is 0 Å². The van der Waals surface area contributed by atoms with Crippen molar-refractivity contribution in [1.82, 2.24) is 10.2 Å². The van der Waals surface area contributed by atoms with Crippen LogP contribution in [0, 0.1) is 0 Å². The molecule has 0 saturated carbocycles. The lowest BCUT2D eigenvalue weighted by Crippen LogP contribution is -2.39. The summed E-state index contributed by atoms with van der Waals surface area (Å²) in [6.45, 7) is 4.40. The molecule has 1 aliphatic rings. The molecule has 5 heteroatoms. The fourth-order valence-electron chi connectivity index (χ4n) is 2.02. The molecule has 5 nitrogen and oxygen atoms in total. The van der Waals surface area contributed by atoms with Gasteiger partial charge in [-0.05, 0) is 25.8 Å². The molecular weight excluding hydrogens is 218 g/mol. The van der Waals surface area contributed by atoms with Crippen molar-refractivity contribution in [2.75, 3.05) is 39.8 Å². The molecule has 1 heterocycles. The highest BCUT2D eigenvalue weighted by Gasteiger charge is 2.19. The van der Waals surface area contributed by atoms with Crippen LogP contribution in [-0.2, 0) is 9.53 Å². The Hall–Kier alpha value is -0.650. The third kappa shape index (κ3) is 6.00. The lowest BCUT2D eigenvalue weighted by Gasteiger charge is -2.31. The summed E-state index contributed by atoms with van der Waals surface area (Å²) in [5.41, 5.74) is 5.42. The molecule has 0 radical (unpaired) electrons. The van der Waals surface area contributed by atoms with Gasteiger partial charge < -0.3 is 20.7 Å². The standard InChI is InChI=1S/C12H25N3O2/c1-14-12(16)5-9-15-7-3-11(4-8-15)17-10-2-6-13/h11H,2-10,13H2,1H3,(H,14,16). The van der Waals surface area contributed by atoms with E-state index in [0.29, 0.717) is 19.1 Å². The number of nitrogens with zero attached hydrogens (tertiary/aromatic N) is 1. The zero-order valence-corrected chi connectivity index (χ0v) is 10.8. The van der Waals surface area contributed by atoms with Gasteiger partial charge in [0.2, 0.25) is 5.91 Å². The van der Waals surface area contributed by atoms with Gasteiger partial charge >= 0.3 is 0 Å². The Morgan fingerprint density at radius 2 is 2.18 bits per heavy atom. The number of likely N-dealkylation sites (tertiary alicyclic amines) is 1. The van der Waals surface area contributed by atoms with Gasteiger partial charge in [0.1, 0.15) is 0 Å². The van der Waals surface area contributed by atoms with Crippen LogP contribution in [0.3, 0.4) is 0 Å². The smallest absolute Gasteiger partial charge is 0.221 e. The largest absolute Gasteiger partial charge is 0.378 e. The van der Waals surface area contributed by atoms with Crippen molar-refractivity contribution < 1.29 is 9.53 Å². The minimum absolute atomic E-state index is 0.117. The Balaban J connectivity index is 2.07. The van der Waals surface area contributed by atoms with E-state index in [0.717, 1.165) is 45.5 Å². The van der Waals surface area contributed by atoms with Gasteiger partial charge in [0.05, 0.1) is 6.10 Å². The third-order valence-corrected chi connectivity index (χ3v) is 3.17. The van der Waals surface area contributed by atoms with E-state index in [1.807, 2.05) is 0 Å². The van der Waals surface area contributed by atoms with Gasteiger partial charge in [-0.25, -0.2) is 0 Å². The number of nitrogens with two attached hydrogens (primary N) is 1. The van der Waals surface area contributed by atoms with Crippen molar-refractivity contribution >= 4 is 5.91 Å². The first-order valence-electron chi connectivity index (χ1n) is 6.51. The highest BCUT2D eigenvalue weighted by atomic mass is 16.5. The van der Waals surface area contributed by atoms with Gasteiger partial charge in [0, 0.05) is 39.7 Å². The van der Waals surface area contributed by atoms with Crippen molar-refractivity contribution in [3.63, 3.8) is 0 Å². The topological polar surface area (TPSA) is 67.6 Å². The molecule has 1 rings (SSSR count). The fourth-order valence-corrected chi connectivity index (χ4v) is 2.02. The zero-order valence-electron chi connectivity index (χ0n) is 10.8. The van der Waals surface area contributed by atoms with Crippen molar-refractivity contribution in [2.24, 2.45) is 5.73 Å². The Morgan fingerprint density at radius 1 is 1.47 bits per heavy atom. The van der Waals surface area contributed by atoms with Crippen LogP contribution in [0.1, 0.15) is 25.7 Å². The van der Waals surface area contributed by atoms with E-state index in [1.54, 1.807) is 7.05 Å². The van der Waals surface area contributed by atoms with Gasteiger partial charge in [-0.2, -0.15) is 0 Å². The lowest BCUT2D eigenvalue weighted by atomic mass is 10.1. The Morgan fingerprint density at radius 3 is 2.76 bits per heavy atom. The van der Waals surface area contributed by atoms with Crippen LogP contribution in [0.4, 0.5) is 0 Å². The normalized spacial score (nSPS) is 18.2. The van der Waals surface area contributed by atoms with Crippen LogP contribution < -0.4 is 11.1 Å². The summed E-state index contributed by atoms with van der Waals surface area (Å²) < 4.78 is 5.73. The highest BCUT2D eigenvalue weighted by molar-refractivity contribution is 5.75. The molecule has 1 saturated heterocycles. The third-order valence-electron chi connectivity index (χ3n) is 3.17. The van der Waals surface area contributed by atoms with E-state index in [9.17, 15) is 4.79 Å². The van der Waals surface area contributed by atoms with Gasteiger partial charge in [0.25, 0.3) is 0 Å². The number of carbonyl (C=O) groups excluding carboxylic acids is 1. The first-order valence-corrected chi connectivity index (χ1v) is 6.51. The summed E-state index contributed by atoms with van der Waals surface area (Å²) in [7, 11) is 1.68. The average Bonchev–Trinajstić information content (AvgIpc) is 2.37. The van der Waals surface area contributed by atoms with E-state index in [2.05, 4.69) is 10.2 Å². The molecular formula is C12H25N3O2. The Bertz CT molecular complexity index is 216. The van der Waals surface area contributed by atoms with E-state index in [1.165, 1.54) is 0 Å². The lowest BCUT2D eigenvalue weighted by molar-refractivity contribution is -0.121. The number of piperidine rings is 1. The fraction of sp³-hybridized carbons (Fsp3) is 0.917. The molecule has 3 N–H and O–H groups in total.